The van der Waals surface area contributed by atoms with Crippen molar-refractivity contribution in [1.29, 1.82) is 0 Å². The Morgan fingerprint density at radius 1 is 1.32 bits per heavy atom. The van der Waals surface area contributed by atoms with Crippen LogP contribution in [0.4, 0.5) is 0 Å². The molecule has 2 N–H and O–H groups in total. The van der Waals surface area contributed by atoms with Gasteiger partial charge in [-0.15, -0.1) is 11.8 Å². The summed E-state index contributed by atoms with van der Waals surface area (Å²) in [6.45, 7) is 4.29. The van der Waals surface area contributed by atoms with Crippen molar-refractivity contribution in [1.82, 2.24) is 5.32 Å². The molecule has 0 unspecified atom stereocenters. The summed E-state index contributed by atoms with van der Waals surface area (Å²) in [6, 6.07) is 7.42. The van der Waals surface area contributed by atoms with Crippen LogP contribution in [0.15, 0.2) is 40.8 Å². The molecule has 1 aliphatic rings. The topological polar surface area (TPSA) is 66.4 Å². The van der Waals surface area contributed by atoms with Crippen LogP contribution in [0.25, 0.3) is 0 Å². The van der Waals surface area contributed by atoms with E-state index in [1.54, 1.807) is 17.8 Å². The summed E-state index contributed by atoms with van der Waals surface area (Å²) in [5.41, 5.74) is 1.11. The Hall–Kier alpha value is -1.75. The fraction of sp³-hybridized carbons (Fsp3) is 0.412. The number of carboxylic acid groups (broad SMARTS) is 1. The van der Waals surface area contributed by atoms with Gasteiger partial charge in [0.2, 0.25) is 0 Å². The van der Waals surface area contributed by atoms with Gasteiger partial charge in [-0.1, -0.05) is 23.8 Å². The van der Waals surface area contributed by atoms with Crippen molar-refractivity contribution in [2.45, 2.75) is 31.6 Å². The molecule has 0 heterocycles. The number of carbonyl (C=O) groups excluding carboxylic acids is 1. The molecule has 0 spiro atoms. The van der Waals surface area contributed by atoms with Gasteiger partial charge in [-0.25, -0.2) is 0 Å². The molecule has 0 radical (unpaired) electrons. The molecule has 5 heteroatoms. The van der Waals surface area contributed by atoms with Gasteiger partial charge < -0.3 is 10.4 Å². The molecule has 1 amide bonds. The first-order valence-corrected chi connectivity index (χ1v) is 8.30. The molecule has 22 heavy (non-hydrogen) atoms. The number of hydrogen-bond donors (Lipinski definition) is 2. The lowest BCUT2D eigenvalue weighted by atomic mass is 10.1. The van der Waals surface area contributed by atoms with Crippen LogP contribution in [0.3, 0.4) is 0 Å². The lowest BCUT2D eigenvalue weighted by Crippen LogP contribution is -2.34. The van der Waals surface area contributed by atoms with Crippen LogP contribution >= 0.6 is 11.8 Å². The Balaban J connectivity index is 2.00. The molecule has 0 aliphatic heterocycles. The normalized spacial score (nSPS) is 15.0. The molecule has 0 atom stereocenters. The number of aliphatic carboxylic acids is 1. The number of nitrogens with one attached hydrogen (secondary N) is 1. The fourth-order valence-electron chi connectivity index (χ4n) is 2.04. The summed E-state index contributed by atoms with van der Waals surface area (Å²) in [6.07, 6.45) is 3.39. The molecule has 0 aromatic heterocycles. The molecule has 0 saturated heterocycles. The van der Waals surface area contributed by atoms with Crippen molar-refractivity contribution >= 4 is 23.6 Å². The minimum atomic E-state index is -0.820. The van der Waals surface area contributed by atoms with Crippen molar-refractivity contribution in [3.63, 3.8) is 0 Å². The summed E-state index contributed by atoms with van der Waals surface area (Å²) >= 11 is 1.61. The van der Waals surface area contributed by atoms with E-state index >= 15 is 0 Å². The van der Waals surface area contributed by atoms with Gasteiger partial charge in [0.25, 0.3) is 5.91 Å². The van der Waals surface area contributed by atoms with Gasteiger partial charge in [0.1, 0.15) is 0 Å². The molecular weight excluding hydrogens is 298 g/mol. The van der Waals surface area contributed by atoms with E-state index in [0.717, 1.165) is 10.6 Å². The number of benzene rings is 1. The molecule has 1 saturated carbocycles. The highest BCUT2D eigenvalue weighted by Gasteiger charge is 2.50. The molecule has 1 fully saturated rings. The van der Waals surface area contributed by atoms with Gasteiger partial charge in [-0.05, 0) is 38.8 Å². The third-order valence-electron chi connectivity index (χ3n) is 3.76. The van der Waals surface area contributed by atoms with E-state index in [0.29, 0.717) is 18.4 Å². The summed E-state index contributed by atoms with van der Waals surface area (Å²) in [4.78, 5) is 24.4. The second-order valence-corrected chi connectivity index (χ2v) is 6.92. The quantitative estimate of drug-likeness (QED) is 0.597. The Bertz CT molecular complexity index is 602. The number of carboxylic acids is 1. The molecular formula is C17H21NO3S. The molecule has 1 aromatic carbocycles. The van der Waals surface area contributed by atoms with Gasteiger partial charge in [-0.3, -0.25) is 9.59 Å². The average molecular weight is 319 g/mol. The van der Waals surface area contributed by atoms with Crippen molar-refractivity contribution in [3.05, 3.63) is 41.5 Å². The van der Waals surface area contributed by atoms with Crippen LogP contribution in [-0.4, -0.2) is 29.3 Å². The molecule has 0 bridgehead atoms. The predicted molar refractivity (Wildman–Crippen MR) is 88.2 cm³/mol. The first-order chi connectivity index (χ1) is 10.4. The number of thioether (sulfide) groups is 1. The zero-order chi connectivity index (χ0) is 16.2. The van der Waals surface area contributed by atoms with E-state index in [4.69, 9.17) is 5.11 Å². The van der Waals surface area contributed by atoms with E-state index < -0.39 is 11.4 Å². The molecule has 2 rings (SSSR count). The summed E-state index contributed by atoms with van der Waals surface area (Å²) in [7, 11) is 0. The van der Waals surface area contributed by atoms with Crippen LogP contribution in [0.5, 0.6) is 0 Å². The maximum Gasteiger partial charge on any atom is 0.311 e. The zero-order valence-electron chi connectivity index (χ0n) is 12.9. The highest BCUT2D eigenvalue weighted by molar-refractivity contribution is 7.99. The first-order valence-electron chi connectivity index (χ1n) is 7.31. The Morgan fingerprint density at radius 2 is 2.00 bits per heavy atom. The second-order valence-electron chi connectivity index (χ2n) is 5.86. The van der Waals surface area contributed by atoms with Crippen LogP contribution < -0.4 is 5.32 Å². The molecule has 4 nitrogen and oxygen atoms in total. The smallest absolute Gasteiger partial charge is 0.311 e. The van der Waals surface area contributed by atoms with Crippen LogP contribution in [0.1, 0.15) is 37.0 Å². The minimum Gasteiger partial charge on any atom is -0.481 e. The van der Waals surface area contributed by atoms with E-state index in [1.165, 1.54) is 5.57 Å². The standard InChI is InChI=1S/C17H21NO3S/c1-12(2)7-10-22-14-6-4-3-5-13(14)15(19)18-11-17(8-9-17)16(20)21/h3-7H,8-11H2,1-2H3,(H,18,19)(H,20,21). The lowest BCUT2D eigenvalue weighted by molar-refractivity contribution is -0.143. The third kappa shape index (κ3) is 4.13. The second kappa shape index (κ2) is 7.01. The van der Waals surface area contributed by atoms with Gasteiger partial charge in [-0.2, -0.15) is 0 Å². The maximum atomic E-state index is 12.3. The average Bonchev–Trinajstić information content (AvgIpc) is 3.26. The van der Waals surface area contributed by atoms with Gasteiger partial charge in [0, 0.05) is 17.2 Å². The largest absolute Gasteiger partial charge is 0.481 e. The Labute approximate surface area is 135 Å². The number of rotatable bonds is 7. The molecule has 1 aliphatic carbocycles. The van der Waals surface area contributed by atoms with Crippen LogP contribution in [0.2, 0.25) is 0 Å². The SMILES string of the molecule is CC(C)=CCSc1ccccc1C(=O)NCC1(C(=O)O)CC1. The summed E-state index contributed by atoms with van der Waals surface area (Å²) in [5.74, 6) is -0.210. The van der Waals surface area contributed by atoms with Gasteiger partial charge in [0.05, 0.1) is 11.0 Å². The number of carbonyl (C=O) groups is 2. The van der Waals surface area contributed by atoms with Crippen molar-refractivity contribution in [2.24, 2.45) is 5.41 Å². The van der Waals surface area contributed by atoms with Crippen molar-refractivity contribution in [2.75, 3.05) is 12.3 Å². The number of hydrogen-bond acceptors (Lipinski definition) is 3. The first kappa shape index (κ1) is 16.6. The van der Waals surface area contributed by atoms with Gasteiger partial charge in [0.15, 0.2) is 0 Å². The van der Waals surface area contributed by atoms with Crippen LogP contribution in [0, 0.1) is 5.41 Å². The third-order valence-corrected chi connectivity index (χ3v) is 4.76. The highest BCUT2D eigenvalue weighted by Crippen LogP contribution is 2.45. The minimum absolute atomic E-state index is 0.201. The van der Waals surface area contributed by atoms with E-state index in [1.807, 2.05) is 32.0 Å². The Kier molecular flexibility index (Phi) is 5.29. The fourth-order valence-corrected chi connectivity index (χ4v) is 3.13. The zero-order valence-corrected chi connectivity index (χ0v) is 13.7. The van der Waals surface area contributed by atoms with E-state index in [9.17, 15) is 9.59 Å². The van der Waals surface area contributed by atoms with Crippen molar-refractivity contribution in [3.8, 4) is 0 Å². The van der Waals surface area contributed by atoms with E-state index in [2.05, 4.69) is 11.4 Å². The predicted octanol–water partition coefficient (Wildman–Crippen LogP) is 3.34. The monoisotopic (exact) mass is 319 g/mol. The molecule has 118 valence electrons. The number of amides is 1. The number of allylic oxidation sites excluding steroid dienone is 1. The molecule has 1 aromatic rings. The van der Waals surface area contributed by atoms with Gasteiger partial charge >= 0.3 is 5.97 Å². The Morgan fingerprint density at radius 3 is 2.59 bits per heavy atom. The van der Waals surface area contributed by atoms with Crippen LogP contribution in [-0.2, 0) is 4.79 Å². The van der Waals surface area contributed by atoms with Crippen molar-refractivity contribution < 1.29 is 14.7 Å². The van der Waals surface area contributed by atoms with E-state index in [-0.39, 0.29) is 12.5 Å². The summed E-state index contributed by atoms with van der Waals surface area (Å²) in [5, 5.41) is 11.9. The highest BCUT2D eigenvalue weighted by atomic mass is 32.2. The summed E-state index contributed by atoms with van der Waals surface area (Å²) < 4.78 is 0. The maximum absolute atomic E-state index is 12.3. The lowest BCUT2D eigenvalue weighted by Gasteiger charge is -2.13.